The van der Waals surface area contributed by atoms with Crippen molar-refractivity contribution >= 4 is 23.9 Å². The van der Waals surface area contributed by atoms with E-state index in [1.807, 2.05) is 0 Å². The molecule has 0 atom stereocenters. The lowest BCUT2D eigenvalue weighted by molar-refractivity contribution is -0.110. The Hall–Kier alpha value is -5.90. The number of phenols is 2. The number of carbonyl (C=O) groups excluding carboxylic acids is 2. The molecule has 0 fully saturated rings. The highest BCUT2D eigenvalue weighted by Gasteiger charge is 2.18. The van der Waals surface area contributed by atoms with E-state index in [0.29, 0.717) is 17.2 Å². The van der Waals surface area contributed by atoms with Gasteiger partial charge in [0.15, 0.2) is 28.8 Å². The molecule has 0 saturated heterocycles. The fraction of sp³-hybridized carbons (Fsp3) is 0.0588. The highest BCUT2D eigenvalue weighted by molar-refractivity contribution is 6.02. The van der Waals surface area contributed by atoms with Crippen LogP contribution >= 0.6 is 0 Å². The van der Waals surface area contributed by atoms with Gasteiger partial charge in [-0.2, -0.15) is 0 Å². The van der Waals surface area contributed by atoms with Crippen molar-refractivity contribution in [3.63, 3.8) is 0 Å². The topological polar surface area (TPSA) is 123 Å². The molecule has 0 spiro atoms. The van der Waals surface area contributed by atoms with Crippen molar-refractivity contribution in [2.24, 2.45) is 0 Å². The molecule has 0 unspecified atom stereocenters. The van der Waals surface area contributed by atoms with E-state index in [9.17, 15) is 33.7 Å². The molecule has 0 saturated carbocycles. The predicted molar refractivity (Wildman–Crippen MR) is 160 cm³/mol. The molecule has 0 amide bonds. The summed E-state index contributed by atoms with van der Waals surface area (Å²) in [6, 6.07) is 15.9. The number of phenolic OH excluding ortho intramolecular Hbond substituents is 2. The highest BCUT2D eigenvalue weighted by atomic mass is 19.1. The van der Waals surface area contributed by atoms with E-state index in [0.717, 1.165) is 12.1 Å². The van der Waals surface area contributed by atoms with Crippen LogP contribution in [0.15, 0.2) is 96.8 Å². The number of allylic oxidation sites excluding steroid dienone is 3. The third-order valence-corrected chi connectivity index (χ3v) is 6.23. The minimum absolute atomic E-state index is 0.00674. The lowest BCUT2D eigenvalue weighted by Gasteiger charge is -2.12. The number of benzene rings is 4. The molecular weight excluding hydrogens is 574 g/mol. The number of carbonyl (C=O) groups is 2. The second-order valence-corrected chi connectivity index (χ2v) is 9.23. The van der Waals surface area contributed by atoms with Crippen LogP contribution in [-0.4, -0.2) is 41.3 Å². The van der Waals surface area contributed by atoms with Crippen molar-refractivity contribution < 1.29 is 47.9 Å². The van der Waals surface area contributed by atoms with Gasteiger partial charge in [0.25, 0.3) is 0 Å². The number of esters is 1. The van der Waals surface area contributed by atoms with Crippen molar-refractivity contribution in [1.82, 2.24) is 0 Å². The van der Waals surface area contributed by atoms with Crippen LogP contribution in [0.5, 0.6) is 28.7 Å². The SMILES string of the molecule is COc1cc(/C=C/C(O)=C/C(=O)/C=C/c2ccc(OC(=O)c3cc(-c4ccc(F)cc4F)ccc3O)c(OC)c2)ccc1O. The second-order valence-electron chi connectivity index (χ2n) is 9.23. The van der Waals surface area contributed by atoms with E-state index >= 15 is 0 Å². The molecule has 4 aromatic rings. The summed E-state index contributed by atoms with van der Waals surface area (Å²) in [5, 5.41) is 30.0. The Labute approximate surface area is 251 Å². The van der Waals surface area contributed by atoms with Gasteiger partial charge in [0.1, 0.15) is 28.7 Å². The van der Waals surface area contributed by atoms with Crippen LogP contribution < -0.4 is 14.2 Å². The maximum absolute atomic E-state index is 14.3. The zero-order chi connectivity index (χ0) is 31.8. The van der Waals surface area contributed by atoms with Crippen LogP contribution in [0.1, 0.15) is 21.5 Å². The maximum Gasteiger partial charge on any atom is 0.347 e. The van der Waals surface area contributed by atoms with Crippen molar-refractivity contribution in [3.8, 4) is 39.9 Å². The third kappa shape index (κ3) is 7.68. The van der Waals surface area contributed by atoms with Crippen molar-refractivity contribution in [2.75, 3.05) is 14.2 Å². The van der Waals surface area contributed by atoms with Gasteiger partial charge in [0, 0.05) is 17.7 Å². The molecule has 0 aliphatic heterocycles. The van der Waals surface area contributed by atoms with Crippen LogP contribution in [0.2, 0.25) is 0 Å². The van der Waals surface area contributed by atoms with Gasteiger partial charge >= 0.3 is 5.97 Å². The summed E-state index contributed by atoms with van der Waals surface area (Å²) in [6.07, 6.45) is 6.53. The number of hydrogen-bond donors (Lipinski definition) is 3. The maximum atomic E-state index is 14.3. The summed E-state index contributed by atoms with van der Waals surface area (Å²) >= 11 is 0. The number of ether oxygens (including phenoxy) is 3. The van der Waals surface area contributed by atoms with Gasteiger partial charge < -0.3 is 29.5 Å². The Kier molecular flexibility index (Phi) is 9.77. The van der Waals surface area contributed by atoms with E-state index in [4.69, 9.17) is 14.2 Å². The molecule has 4 rings (SSSR count). The zero-order valence-electron chi connectivity index (χ0n) is 23.5. The standard InChI is InChI=1S/C34H26F2O8/c1-42-32-15-20(5-12-30(32)40)3-9-24(37)19-25(38)10-4-21-6-14-31(33(16-21)43-2)44-34(41)27-17-22(7-13-29(27)39)26-11-8-23(35)18-28(26)36/h3-19,37,39-40H,1-2H3/b9-3+,10-4+,24-19-. The zero-order valence-corrected chi connectivity index (χ0v) is 23.5. The van der Waals surface area contributed by atoms with Gasteiger partial charge in [-0.3, -0.25) is 4.79 Å². The first kappa shape index (κ1) is 31.0. The second kappa shape index (κ2) is 13.8. The molecule has 0 aliphatic rings. The van der Waals surface area contributed by atoms with Gasteiger partial charge in [-0.25, -0.2) is 13.6 Å². The van der Waals surface area contributed by atoms with Gasteiger partial charge in [-0.15, -0.1) is 0 Å². The average molecular weight is 601 g/mol. The molecule has 0 aromatic heterocycles. The van der Waals surface area contributed by atoms with Crippen LogP contribution in [0.25, 0.3) is 23.3 Å². The lowest BCUT2D eigenvalue weighted by atomic mass is 10.0. The van der Waals surface area contributed by atoms with Gasteiger partial charge in [-0.1, -0.05) is 30.4 Å². The summed E-state index contributed by atoms with van der Waals surface area (Å²) in [7, 11) is 2.76. The minimum Gasteiger partial charge on any atom is -0.508 e. The summed E-state index contributed by atoms with van der Waals surface area (Å²) in [5.74, 6) is -3.40. The van der Waals surface area contributed by atoms with Crippen molar-refractivity contribution in [2.45, 2.75) is 0 Å². The lowest BCUT2D eigenvalue weighted by Crippen LogP contribution is -2.10. The van der Waals surface area contributed by atoms with E-state index < -0.39 is 29.1 Å². The van der Waals surface area contributed by atoms with Crippen LogP contribution in [0, 0.1) is 11.6 Å². The quantitative estimate of drug-likeness (QED) is 0.0584. The molecule has 0 bridgehead atoms. The number of methoxy groups -OCH3 is 2. The fourth-order valence-electron chi connectivity index (χ4n) is 4.02. The monoisotopic (exact) mass is 600 g/mol. The molecule has 224 valence electrons. The molecule has 0 aliphatic carbocycles. The molecule has 0 radical (unpaired) electrons. The first-order chi connectivity index (χ1) is 21.1. The van der Waals surface area contributed by atoms with Crippen LogP contribution in [-0.2, 0) is 4.79 Å². The summed E-state index contributed by atoms with van der Waals surface area (Å²) in [5.41, 5.74) is 1.13. The highest BCUT2D eigenvalue weighted by Crippen LogP contribution is 2.33. The summed E-state index contributed by atoms with van der Waals surface area (Å²) in [6.45, 7) is 0. The Bertz CT molecular complexity index is 1810. The minimum atomic E-state index is -0.956. The number of aromatic hydroxyl groups is 2. The van der Waals surface area contributed by atoms with Gasteiger partial charge in [0.05, 0.1) is 14.2 Å². The fourth-order valence-corrected chi connectivity index (χ4v) is 4.02. The molecule has 8 nitrogen and oxygen atoms in total. The molecule has 0 heterocycles. The van der Waals surface area contributed by atoms with Crippen molar-refractivity contribution in [3.05, 3.63) is 125 Å². The number of ketones is 1. The molecule has 10 heteroatoms. The Morgan fingerprint density at radius 2 is 1.39 bits per heavy atom. The van der Waals surface area contributed by atoms with E-state index in [-0.39, 0.29) is 45.4 Å². The first-order valence-corrected chi connectivity index (χ1v) is 12.9. The number of rotatable bonds is 10. The number of hydrogen-bond acceptors (Lipinski definition) is 8. The van der Waals surface area contributed by atoms with E-state index in [2.05, 4.69) is 0 Å². The molecular formula is C34H26F2O8. The summed E-state index contributed by atoms with van der Waals surface area (Å²) in [4.78, 5) is 25.2. The number of aliphatic hydroxyl groups excluding tert-OH is 1. The Morgan fingerprint density at radius 3 is 2.09 bits per heavy atom. The van der Waals surface area contributed by atoms with Crippen LogP contribution in [0.4, 0.5) is 8.78 Å². The van der Waals surface area contributed by atoms with Gasteiger partial charge in [0.2, 0.25) is 0 Å². The normalized spacial score (nSPS) is 11.6. The number of aliphatic hydroxyl groups is 1. The number of halogens is 2. The molecule has 4 aromatic carbocycles. The smallest absolute Gasteiger partial charge is 0.347 e. The van der Waals surface area contributed by atoms with Crippen LogP contribution in [0.3, 0.4) is 0 Å². The third-order valence-electron chi connectivity index (χ3n) is 6.23. The molecule has 3 N–H and O–H groups in total. The molecule has 44 heavy (non-hydrogen) atoms. The largest absolute Gasteiger partial charge is 0.508 e. The first-order valence-electron chi connectivity index (χ1n) is 12.9. The Morgan fingerprint density at radius 1 is 0.727 bits per heavy atom. The van der Waals surface area contributed by atoms with E-state index in [1.165, 1.54) is 81.0 Å². The van der Waals surface area contributed by atoms with Gasteiger partial charge in [-0.05, 0) is 77.4 Å². The predicted octanol–water partition coefficient (Wildman–Crippen LogP) is 7.02. The summed E-state index contributed by atoms with van der Waals surface area (Å²) < 4.78 is 43.4. The van der Waals surface area contributed by atoms with E-state index in [1.54, 1.807) is 18.2 Å². The average Bonchev–Trinajstić information content (AvgIpc) is 3.00. The van der Waals surface area contributed by atoms with Crippen molar-refractivity contribution in [1.29, 1.82) is 0 Å². The Balaban J connectivity index is 1.45.